The molecule has 0 aliphatic carbocycles. The number of hydrogen-bond acceptors (Lipinski definition) is 6. The molecular weight excluding hydrogens is 442 g/mol. The van der Waals surface area contributed by atoms with Gasteiger partial charge in [-0.2, -0.15) is 0 Å². The van der Waals surface area contributed by atoms with E-state index >= 15 is 0 Å². The van der Waals surface area contributed by atoms with Gasteiger partial charge in [-0.15, -0.1) is 11.3 Å². The summed E-state index contributed by atoms with van der Waals surface area (Å²) in [6.45, 7) is 6.41. The van der Waals surface area contributed by atoms with Crippen LogP contribution in [0.15, 0.2) is 42.7 Å². The van der Waals surface area contributed by atoms with Gasteiger partial charge in [-0.3, -0.25) is 9.69 Å². The molecule has 168 valence electrons. The van der Waals surface area contributed by atoms with Crippen LogP contribution in [0.5, 0.6) is 0 Å². The maximum atomic E-state index is 13.5. The molecule has 6 nitrogen and oxygen atoms in total. The first-order valence-corrected chi connectivity index (χ1v) is 12.1. The zero-order chi connectivity index (χ0) is 22.7. The predicted octanol–water partition coefficient (Wildman–Crippen LogP) is 4.84. The fraction of sp³-hybridized carbons (Fsp3) is 0.375. The highest BCUT2D eigenvalue weighted by molar-refractivity contribution is 7.16. The Balaban J connectivity index is 1.49. The second-order valence-corrected chi connectivity index (χ2v) is 9.97. The summed E-state index contributed by atoms with van der Waals surface area (Å²) in [6, 6.07) is 9.89. The summed E-state index contributed by atoms with van der Waals surface area (Å²) in [5.74, 6) is 0.668. The van der Waals surface area contributed by atoms with Gasteiger partial charge in [-0.05, 0) is 49.2 Å². The van der Waals surface area contributed by atoms with E-state index in [0.29, 0.717) is 12.4 Å². The first kappa shape index (κ1) is 22.7. The van der Waals surface area contributed by atoms with E-state index in [1.54, 1.807) is 11.3 Å². The number of anilines is 1. The molecule has 3 heterocycles. The van der Waals surface area contributed by atoms with Crippen LogP contribution in [0.3, 0.4) is 0 Å². The number of amides is 1. The maximum Gasteiger partial charge on any atom is 0.240 e. The number of aromatic nitrogens is 2. The van der Waals surface area contributed by atoms with Crippen LogP contribution >= 0.6 is 22.9 Å². The van der Waals surface area contributed by atoms with E-state index in [-0.39, 0.29) is 18.0 Å². The van der Waals surface area contributed by atoms with Gasteiger partial charge in [0.05, 0.1) is 15.9 Å². The van der Waals surface area contributed by atoms with Gasteiger partial charge in [0.25, 0.3) is 0 Å². The van der Waals surface area contributed by atoms with Crippen molar-refractivity contribution in [2.75, 3.05) is 18.8 Å². The molecule has 32 heavy (non-hydrogen) atoms. The number of carbonyl (C=O) groups is 1. The van der Waals surface area contributed by atoms with Crippen molar-refractivity contribution >= 4 is 51.6 Å². The second kappa shape index (κ2) is 9.98. The van der Waals surface area contributed by atoms with Crippen LogP contribution in [0.1, 0.15) is 37.1 Å². The molecule has 0 bridgehead atoms. The number of piperazine rings is 1. The summed E-state index contributed by atoms with van der Waals surface area (Å²) >= 11 is 7.58. The number of hydrogen-bond donors (Lipinski definition) is 1. The number of nitrogens with zero attached hydrogens (tertiary/aromatic N) is 4. The molecule has 2 N–H and O–H groups in total. The topological polar surface area (TPSA) is 75.3 Å². The molecule has 4 rings (SSSR count). The van der Waals surface area contributed by atoms with Crippen molar-refractivity contribution in [2.45, 2.75) is 45.3 Å². The molecule has 0 unspecified atom stereocenters. The molecular formula is C24H28ClN5OS. The van der Waals surface area contributed by atoms with E-state index in [2.05, 4.69) is 40.9 Å². The summed E-state index contributed by atoms with van der Waals surface area (Å²) in [6.07, 6.45) is 7.51. The van der Waals surface area contributed by atoms with E-state index in [1.165, 1.54) is 6.33 Å². The van der Waals surface area contributed by atoms with Gasteiger partial charge < -0.3 is 10.6 Å². The van der Waals surface area contributed by atoms with Gasteiger partial charge in [-0.25, -0.2) is 9.97 Å². The van der Waals surface area contributed by atoms with Crippen molar-refractivity contribution in [3.05, 3.63) is 57.5 Å². The minimum atomic E-state index is -0.105. The fourth-order valence-corrected chi connectivity index (χ4v) is 5.28. The quantitative estimate of drug-likeness (QED) is 0.535. The zero-order valence-electron chi connectivity index (χ0n) is 18.4. The van der Waals surface area contributed by atoms with Gasteiger partial charge in [0.15, 0.2) is 0 Å². The molecule has 1 aromatic carbocycles. The molecule has 3 aromatic rings. The average molecular weight is 470 g/mol. The third kappa shape index (κ3) is 4.95. The summed E-state index contributed by atoms with van der Waals surface area (Å²) < 4.78 is 0.786. The number of thiophene rings is 1. The summed E-state index contributed by atoms with van der Waals surface area (Å²) in [7, 11) is 0. The van der Waals surface area contributed by atoms with E-state index in [4.69, 9.17) is 17.3 Å². The molecule has 1 fully saturated rings. The lowest BCUT2D eigenvalue weighted by Crippen LogP contribution is -2.60. The Morgan fingerprint density at radius 2 is 2.12 bits per heavy atom. The molecule has 2 aromatic heterocycles. The average Bonchev–Trinajstić information content (AvgIpc) is 3.19. The van der Waals surface area contributed by atoms with E-state index < -0.39 is 0 Å². The predicted molar refractivity (Wildman–Crippen MR) is 133 cm³/mol. The van der Waals surface area contributed by atoms with E-state index in [0.717, 1.165) is 51.6 Å². The number of nitrogen functional groups attached to an aromatic ring is 1. The van der Waals surface area contributed by atoms with Crippen molar-refractivity contribution < 1.29 is 4.79 Å². The zero-order valence-corrected chi connectivity index (χ0v) is 19.9. The lowest BCUT2D eigenvalue weighted by Gasteiger charge is -2.44. The largest absolute Gasteiger partial charge is 0.383 e. The van der Waals surface area contributed by atoms with Crippen LogP contribution in [0, 0.1) is 0 Å². The van der Waals surface area contributed by atoms with Crippen LogP contribution in [0.25, 0.3) is 17.0 Å². The van der Waals surface area contributed by atoms with Crippen molar-refractivity contribution in [2.24, 2.45) is 0 Å². The standard InChI is InChI=1S/C24H28ClN5OS/c1-3-5-21-24(31)30(14-17-7-9-19-20(12-17)27-15-28-23(19)26)16(2)13-29(21)11-4-6-18-8-10-22(25)32-18/h4,6-10,12,15-16,21H,3,5,11,13-14H2,1-2H3,(H2,26,27,28)/t16-,21-/m0/s1. The number of carbonyl (C=O) groups excluding carboxylic acids is 1. The molecule has 1 saturated heterocycles. The normalized spacial score (nSPS) is 20.0. The first-order valence-electron chi connectivity index (χ1n) is 10.9. The third-order valence-electron chi connectivity index (χ3n) is 5.90. The number of rotatable bonds is 7. The molecule has 0 spiro atoms. The highest BCUT2D eigenvalue weighted by Gasteiger charge is 2.37. The molecule has 1 amide bonds. The molecule has 1 aliphatic heterocycles. The van der Waals surface area contributed by atoms with Crippen LogP contribution in [-0.4, -0.2) is 50.8 Å². The Labute approximate surface area is 197 Å². The minimum absolute atomic E-state index is 0.105. The Bertz CT molecular complexity index is 1130. The lowest BCUT2D eigenvalue weighted by molar-refractivity contribution is -0.146. The number of nitrogens with two attached hydrogens (primary N) is 1. The van der Waals surface area contributed by atoms with Crippen molar-refractivity contribution in [3.8, 4) is 0 Å². The Kier molecular flexibility index (Phi) is 7.08. The number of halogens is 1. The Morgan fingerprint density at radius 1 is 1.28 bits per heavy atom. The lowest BCUT2D eigenvalue weighted by atomic mass is 10.0. The summed E-state index contributed by atoms with van der Waals surface area (Å²) in [4.78, 5) is 27.3. The van der Waals surface area contributed by atoms with Gasteiger partial charge in [0.1, 0.15) is 12.1 Å². The molecule has 8 heteroatoms. The van der Waals surface area contributed by atoms with Gasteiger partial charge in [-0.1, -0.05) is 37.1 Å². The van der Waals surface area contributed by atoms with Crippen molar-refractivity contribution in [1.82, 2.24) is 19.8 Å². The summed E-state index contributed by atoms with van der Waals surface area (Å²) in [5.41, 5.74) is 7.80. The van der Waals surface area contributed by atoms with Crippen molar-refractivity contribution in [3.63, 3.8) is 0 Å². The third-order valence-corrected chi connectivity index (χ3v) is 7.10. The Hall–Kier alpha value is -2.48. The number of benzene rings is 1. The summed E-state index contributed by atoms with van der Waals surface area (Å²) in [5, 5.41) is 0.836. The van der Waals surface area contributed by atoms with Gasteiger partial charge in [0.2, 0.25) is 5.91 Å². The minimum Gasteiger partial charge on any atom is -0.383 e. The monoisotopic (exact) mass is 469 g/mol. The molecule has 0 saturated carbocycles. The highest BCUT2D eigenvalue weighted by atomic mass is 35.5. The van der Waals surface area contributed by atoms with Crippen LogP contribution in [-0.2, 0) is 11.3 Å². The van der Waals surface area contributed by atoms with E-state index in [9.17, 15) is 4.79 Å². The van der Waals surface area contributed by atoms with E-state index in [1.807, 2.05) is 35.2 Å². The molecule has 2 atom stereocenters. The first-order chi connectivity index (χ1) is 15.5. The maximum absolute atomic E-state index is 13.5. The highest BCUT2D eigenvalue weighted by Crippen LogP contribution is 2.25. The SMILES string of the molecule is CCC[C@H]1C(=O)N(Cc2ccc3c(N)ncnc3c2)[C@@H](C)CN1CC=Cc1ccc(Cl)s1. The van der Waals surface area contributed by atoms with Crippen LogP contribution in [0.4, 0.5) is 5.82 Å². The fourth-order valence-electron chi connectivity index (χ4n) is 4.29. The Morgan fingerprint density at radius 3 is 2.88 bits per heavy atom. The van der Waals surface area contributed by atoms with Gasteiger partial charge >= 0.3 is 0 Å². The van der Waals surface area contributed by atoms with Crippen LogP contribution in [0.2, 0.25) is 4.34 Å². The molecule has 1 aliphatic rings. The van der Waals surface area contributed by atoms with Crippen molar-refractivity contribution in [1.29, 1.82) is 0 Å². The van der Waals surface area contributed by atoms with Crippen LogP contribution < -0.4 is 5.73 Å². The number of fused-ring (bicyclic) bond motifs is 1. The smallest absolute Gasteiger partial charge is 0.240 e. The second-order valence-electron chi connectivity index (χ2n) is 8.23. The molecule has 0 radical (unpaired) electrons. The van der Waals surface area contributed by atoms with Gasteiger partial charge in [0, 0.05) is 35.9 Å².